The van der Waals surface area contributed by atoms with Gasteiger partial charge in [-0.15, -0.1) is 0 Å². The molecule has 0 aliphatic rings. The molecule has 0 bridgehead atoms. The molecule has 0 aliphatic carbocycles. The third-order valence-corrected chi connectivity index (χ3v) is 3.72. The van der Waals surface area contributed by atoms with E-state index in [1.165, 1.54) is 5.56 Å². The van der Waals surface area contributed by atoms with Crippen molar-refractivity contribution < 1.29 is 9.47 Å². The van der Waals surface area contributed by atoms with Gasteiger partial charge in [0, 0.05) is 5.56 Å². The Kier molecular flexibility index (Phi) is 6.97. The Balaban J connectivity index is 1.85. The highest BCUT2D eigenvalue weighted by Gasteiger charge is 2.12. The summed E-state index contributed by atoms with van der Waals surface area (Å²) in [7, 11) is 0. The Bertz CT molecular complexity index is 752. The van der Waals surface area contributed by atoms with Crippen LogP contribution < -0.4 is 20.6 Å². The van der Waals surface area contributed by atoms with Gasteiger partial charge >= 0.3 is 0 Å². The van der Waals surface area contributed by atoms with Crippen molar-refractivity contribution in [3.05, 3.63) is 59.7 Å². The highest BCUT2D eigenvalue weighted by molar-refractivity contribution is 7.80. The second-order valence-corrected chi connectivity index (χ2v) is 7.18. The van der Waals surface area contributed by atoms with E-state index in [9.17, 15) is 0 Å². The maximum atomic E-state index is 5.79. The smallest absolute Gasteiger partial charge is 0.184 e. The third kappa shape index (κ3) is 6.37. The molecule has 26 heavy (non-hydrogen) atoms. The molecule has 6 heteroatoms. The number of rotatable bonds is 7. The van der Waals surface area contributed by atoms with Crippen molar-refractivity contribution >= 4 is 23.5 Å². The van der Waals surface area contributed by atoms with E-state index in [1.807, 2.05) is 36.4 Å². The van der Waals surface area contributed by atoms with Crippen molar-refractivity contribution in [1.82, 2.24) is 5.43 Å². The molecule has 3 N–H and O–H groups in total. The highest BCUT2D eigenvalue weighted by atomic mass is 32.1. The topological polar surface area (TPSA) is 68.9 Å². The Morgan fingerprint density at radius 1 is 1.08 bits per heavy atom. The van der Waals surface area contributed by atoms with E-state index in [0.717, 1.165) is 11.3 Å². The molecule has 0 spiro atoms. The highest BCUT2D eigenvalue weighted by Crippen LogP contribution is 2.24. The summed E-state index contributed by atoms with van der Waals surface area (Å²) in [5.74, 6) is 1.55. The van der Waals surface area contributed by atoms with Crippen LogP contribution in [0.4, 0.5) is 0 Å². The number of hydrogen-bond donors (Lipinski definition) is 2. The van der Waals surface area contributed by atoms with Gasteiger partial charge in [0.1, 0.15) is 24.7 Å². The summed E-state index contributed by atoms with van der Waals surface area (Å²) in [4.78, 5) is 0. The average Bonchev–Trinajstić information content (AvgIpc) is 2.59. The van der Waals surface area contributed by atoms with Gasteiger partial charge in [0.25, 0.3) is 0 Å². The molecule has 2 rings (SSSR count). The third-order valence-electron chi connectivity index (χ3n) is 3.63. The van der Waals surface area contributed by atoms with E-state index in [4.69, 9.17) is 27.4 Å². The summed E-state index contributed by atoms with van der Waals surface area (Å²) >= 11 is 4.71. The number of nitrogens with one attached hydrogen (secondary N) is 1. The van der Waals surface area contributed by atoms with Crippen LogP contribution in [-0.4, -0.2) is 24.5 Å². The lowest BCUT2D eigenvalue weighted by Crippen LogP contribution is -2.24. The number of nitrogens with two attached hydrogens (primary N) is 1. The number of hydrogen-bond acceptors (Lipinski definition) is 4. The van der Waals surface area contributed by atoms with E-state index in [2.05, 4.69) is 43.4 Å². The summed E-state index contributed by atoms with van der Waals surface area (Å²) in [5.41, 5.74) is 10.1. The van der Waals surface area contributed by atoms with Gasteiger partial charge in [-0.25, -0.2) is 0 Å². The second kappa shape index (κ2) is 9.20. The molecular formula is C20H25N3O2S. The molecule has 2 aromatic rings. The van der Waals surface area contributed by atoms with Crippen molar-refractivity contribution in [2.45, 2.75) is 26.2 Å². The van der Waals surface area contributed by atoms with Gasteiger partial charge < -0.3 is 15.2 Å². The molecule has 0 unspecified atom stereocenters. The van der Waals surface area contributed by atoms with Crippen molar-refractivity contribution in [3.8, 4) is 11.5 Å². The summed E-state index contributed by atoms with van der Waals surface area (Å²) < 4.78 is 11.5. The van der Waals surface area contributed by atoms with E-state index >= 15 is 0 Å². The van der Waals surface area contributed by atoms with Crippen LogP contribution >= 0.6 is 12.2 Å². The van der Waals surface area contributed by atoms with E-state index < -0.39 is 0 Å². The molecule has 0 atom stereocenters. The van der Waals surface area contributed by atoms with Crippen LogP contribution in [0, 0.1) is 0 Å². The van der Waals surface area contributed by atoms with E-state index in [0.29, 0.717) is 19.0 Å². The summed E-state index contributed by atoms with van der Waals surface area (Å²) in [6.45, 7) is 7.44. The molecule has 0 saturated carbocycles. The lowest BCUT2D eigenvalue weighted by atomic mass is 9.87. The Labute approximate surface area is 160 Å². The zero-order valence-electron chi connectivity index (χ0n) is 15.4. The van der Waals surface area contributed by atoms with Gasteiger partial charge in [-0.05, 0) is 47.5 Å². The first-order valence-electron chi connectivity index (χ1n) is 8.40. The predicted octanol–water partition coefficient (Wildman–Crippen LogP) is 3.61. The van der Waals surface area contributed by atoms with Crippen LogP contribution in [0.25, 0.3) is 0 Å². The van der Waals surface area contributed by atoms with Gasteiger partial charge in [0.15, 0.2) is 5.11 Å². The number of para-hydroxylation sites is 1. The molecule has 0 saturated heterocycles. The molecule has 5 nitrogen and oxygen atoms in total. The van der Waals surface area contributed by atoms with Gasteiger partial charge in [0.2, 0.25) is 0 Å². The average molecular weight is 372 g/mol. The van der Waals surface area contributed by atoms with Gasteiger partial charge in [-0.2, -0.15) is 5.10 Å². The fourth-order valence-electron chi connectivity index (χ4n) is 2.25. The zero-order valence-corrected chi connectivity index (χ0v) is 16.2. The van der Waals surface area contributed by atoms with Crippen LogP contribution in [0.5, 0.6) is 11.5 Å². The maximum absolute atomic E-state index is 5.79. The molecule has 2 aromatic carbocycles. The zero-order chi connectivity index (χ0) is 19.0. The largest absolute Gasteiger partial charge is 0.490 e. The summed E-state index contributed by atoms with van der Waals surface area (Å²) in [5, 5.41) is 4.07. The molecule has 0 fully saturated rings. The van der Waals surface area contributed by atoms with Crippen molar-refractivity contribution in [3.63, 3.8) is 0 Å². The van der Waals surface area contributed by atoms with Crippen LogP contribution in [-0.2, 0) is 5.41 Å². The number of benzene rings is 2. The molecule has 0 aromatic heterocycles. The maximum Gasteiger partial charge on any atom is 0.184 e. The Hall–Kier alpha value is -2.60. The molecule has 0 aliphatic heterocycles. The summed E-state index contributed by atoms with van der Waals surface area (Å²) in [6, 6.07) is 15.7. The van der Waals surface area contributed by atoms with Crippen molar-refractivity contribution in [2.75, 3.05) is 13.2 Å². The van der Waals surface area contributed by atoms with Crippen LogP contribution in [0.15, 0.2) is 53.6 Å². The van der Waals surface area contributed by atoms with E-state index in [1.54, 1.807) is 6.21 Å². The number of nitrogens with zero attached hydrogens (tertiary/aromatic N) is 1. The molecule has 0 radical (unpaired) electrons. The first kappa shape index (κ1) is 19.7. The Morgan fingerprint density at radius 2 is 1.73 bits per heavy atom. The normalized spacial score (nSPS) is 11.3. The summed E-state index contributed by atoms with van der Waals surface area (Å²) in [6.07, 6.45) is 1.61. The number of ether oxygens (including phenoxy) is 2. The fourth-order valence-corrected chi connectivity index (χ4v) is 2.30. The predicted molar refractivity (Wildman–Crippen MR) is 110 cm³/mol. The standard InChI is InChI=1S/C20H25N3O2S/c1-20(2,3)16-8-10-17(11-9-16)24-12-13-25-18-7-5-4-6-15(18)14-22-23-19(21)26/h4-11,14H,12-13H2,1-3H3,(H3,21,23,26)/b22-14+. The van der Waals surface area contributed by atoms with Gasteiger partial charge in [-0.1, -0.05) is 45.0 Å². The minimum Gasteiger partial charge on any atom is -0.490 e. The number of thiocarbonyl (C=S) groups is 1. The fraction of sp³-hybridized carbons (Fsp3) is 0.300. The van der Waals surface area contributed by atoms with Crippen LogP contribution in [0.3, 0.4) is 0 Å². The SMILES string of the molecule is CC(C)(C)c1ccc(OCCOc2ccccc2/C=N/NC(N)=S)cc1. The molecule has 0 heterocycles. The Morgan fingerprint density at radius 3 is 2.38 bits per heavy atom. The van der Waals surface area contributed by atoms with Gasteiger partial charge in [0.05, 0.1) is 6.21 Å². The first-order valence-corrected chi connectivity index (χ1v) is 8.81. The monoisotopic (exact) mass is 371 g/mol. The number of hydrazone groups is 1. The second-order valence-electron chi connectivity index (χ2n) is 6.74. The molecule has 138 valence electrons. The lowest BCUT2D eigenvalue weighted by Gasteiger charge is -2.19. The van der Waals surface area contributed by atoms with E-state index in [-0.39, 0.29) is 10.5 Å². The van der Waals surface area contributed by atoms with Crippen LogP contribution in [0.1, 0.15) is 31.9 Å². The quantitative estimate of drug-likeness (QED) is 0.337. The van der Waals surface area contributed by atoms with Gasteiger partial charge in [-0.3, -0.25) is 5.43 Å². The van der Waals surface area contributed by atoms with Crippen molar-refractivity contribution in [1.29, 1.82) is 0 Å². The molecular weight excluding hydrogens is 346 g/mol. The minimum atomic E-state index is 0.116. The lowest BCUT2D eigenvalue weighted by molar-refractivity contribution is 0.217. The minimum absolute atomic E-state index is 0.116. The first-order chi connectivity index (χ1) is 12.4. The van der Waals surface area contributed by atoms with Crippen molar-refractivity contribution in [2.24, 2.45) is 10.8 Å². The van der Waals surface area contributed by atoms with Crippen LogP contribution in [0.2, 0.25) is 0 Å². The molecule has 0 amide bonds.